The van der Waals surface area contributed by atoms with Gasteiger partial charge in [-0.05, 0) is 34.1 Å². The molecular formula is C13H24N2O4. The van der Waals surface area contributed by atoms with Crippen LogP contribution in [-0.2, 0) is 9.53 Å². The van der Waals surface area contributed by atoms with Crippen molar-refractivity contribution < 1.29 is 19.4 Å². The van der Waals surface area contributed by atoms with E-state index in [0.29, 0.717) is 13.2 Å². The van der Waals surface area contributed by atoms with Gasteiger partial charge in [0, 0.05) is 13.7 Å². The topological polar surface area (TPSA) is 78.9 Å². The fraction of sp³-hybridized carbons (Fsp3) is 0.846. The molecule has 6 nitrogen and oxygen atoms in total. The summed E-state index contributed by atoms with van der Waals surface area (Å²) in [5, 5.41) is 12.1. The van der Waals surface area contributed by atoms with Gasteiger partial charge in [0.2, 0.25) is 0 Å². The second kappa shape index (κ2) is 5.36. The molecule has 1 saturated heterocycles. The van der Waals surface area contributed by atoms with E-state index in [1.165, 1.54) is 0 Å². The number of hydrogen-bond acceptors (Lipinski definition) is 3. The molecule has 2 amide bonds. The van der Waals surface area contributed by atoms with E-state index in [1.807, 2.05) is 0 Å². The zero-order chi connectivity index (χ0) is 14.8. The fourth-order valence-electron chi connectivity index (χ4n) is 1.77. The van der Waals surface area contributed by atoms with Crippen LogP contribution in [0.4, 0.5) is 4.79 Å². The molecule has 1 fully saturated rings. The van der Waals surface area contributed by atoms with Crippen LogP contribution in [0.1, 0.15) is 34.1 Å². The van der Waals surface area contributed by atoms with Crippen LogP contribution in [0.2, 0.25) is 0 Å². The standard InChI is InChI=1S/C13H24N2O4/c1-12(2,10(16)17)13(3,4)14-11(18)15(5)9-6-7-19-8-9/h9H,6-8H2,1-5H3,(H,14,18)(H,16,17). The van der Waals surface area contributed by atoms with Gasteiger partial charge in [0.05, 0.1) is 23.6 Å². The molecule has 19 heavy (non-hydrogen) atoms. The molecule has 0 spiro atoms. The summed E-state index contributed by atoms with van der Waals surface area (Å²) in [4.78, 5) is 25.1. The normalized spacial score (nSPS) is 20.2. The second-order valence-electron chi connectivity index (χ2n) is 6.11. The number of ether oxygens (including phenoxy) is 1. The van der Waals surface area contributed by atoms with Crippen molar-refractivity contribution >= 4 is 12.0 Å². The lowest BCUT2D eigenvalue weighted by molar-refractivity contribution is -0.150. The minimum atomic E-state index is -1.06. The molecule has 1 aliphatic heterocycles. The third-order valence-corrected chi connectivity index (χ3v) is 4.29. The van der Waals surface area contributed by atoms with Crippen LogP contribution in [0.3, 0.4) is 0 Å². The Morgan fingerprint density at radius 3 is 2.32 bits per heavy atom. The van der Waals surface area contributed by atoms with E-state index in [9.17, 15) is 14.7 Å². The summed E-state index contributed by atoms with van der Waals surface area (Å²) in [6.45, 7) is 7.84. The molecule has 0 aromatic carbocycles. The first kappa shape index (κ1) is 15.8. The number of carboxylic acid groups (broad SMARTS) is 1. The largest absolute Gasteiger partial charge is 0.481 e. The van der Waals surface area contributed by atoms with E-state index in [2.05, 4.69) is 5.32 Å². The first-order valence-electron chi connectivity index (χ1n) is 6.45. The number of nitrogens with zero attached hydrogens (tertiary/aromatic N) is 1. The van der Waals surface area contributed by atoms with Gasteiger partial charge in [-0.2, -0.15) is 0 Å². The summed E-state index contributed by atoms with van der Waals surface area (Å²) in [6.07, 6.45) is 0.812. The fourth-order valence-corrected chi connectivity index (χ4v) is 1.77. The highest BCUT2D eigenvalue weighted by Crippen LogP contribution is 2.31. The van der Waals surface area contributed by atoms with E-state index in [4.69, 9.17) is 4.74 Å². The van der Waals surface area contributed by atoms with Gasteiger partial charge in [0.1, 0.15) is 0 Å². The number of carboxylic acids is 1. The predicted octanol–water partition coefficient (Wildman–Crippen LogP) is 1.31. The maximum absolute atomic E-state index is 12.2. The van der Waals surface area contributed by atoms with Gasteiger partial charge in [-0.25, -0.2) is 4.79 Å². The number of urea groups is 1. The molecule has 1 aliphatic rings. The molecule has 1 atom stereocenters. The van der Waals surface area contributed by atoms with E-state index in [1.54, 1.807) is 39.6 Å². The first-order chi connectivity index (χ1) is 8.59. The summed E-state index contributed by atoms with van der Waals surface area (Å²) in [5.41, 5.74) is -1.92. The third-order valence-electron chi connectivity index (χ3n) is 4.29. The van der Waals surface area contributed by atoms with Crippen molar-refractivity contribution in [3.63, 3.8) is 0 Å². The van der Waals surface area contributed by atoms with Crippen LogP contribution in [0.25, 0.3) is 0 Å². The zero-order valence-corrected chi connectivity index (χ0v) is 12.3. The molecule has 1 rings (SSSR count). The smallest absolute Gasteiger partial charge is 0.317 e. The molecule has 1 unspecified atom stereocenters. The van der Waals surface area contributed by atoms with Gasteiger partial charge in [-0.1, -0.05) is 0 Å². The quantitative estimate of drug-likeness (QED) is 0.808. The lowest BCUT2D eigenvalue weighted by Gasteiger charge is -2.40. The van der Waals surface area contributed by atoms with Gasteiger partial charge in [0.15, 0.2) is 0 Å². The van der Waals surface area contributed by atoms with E-state index in [-0.39, 0.29) is 12.1 Å². The minimum absolute atomic E-state index is 0.0590. The number of carbonyl (C=O) groups excluding carboxylic acids is 1. The highest BCUT2D eigenvalue weighted by Gasteiger charge is 2.45. The number of amides is 2. The highest BCUT2D eigenvalue weighted by atomic mass is 16.5. The Labute approximate surface area is 114 Å². The summed E-state index contributed by atoms with van der Waals surface area (Å²) < 4.78 is 5.25. The van der Waals surface area contributed by atoms with Crippen molar-refractivity contribution in [1.29, 1.82) is 0 Å². The van der Waals surface area contributed by atoms with Crippen LogP contribution < -0.4 is 5.32 Å². The number of aliphatic carboxylic acids is 1. The van der Waals surface area contributed by atoms with Gasteiger partial charge < -0.3 is 20.1 Å². The Balaban J connectivity index is 2.71. The molecule has 0 aromatic heterocycles. The Bertz CT molecular complexity index is 360. The zero-order valence-electron chi connectivity index (χ0n) is 12.3. The van der Waals surface area contributed by atoms with Gasteiger partial charge in [-0.3, -0.25) is 4.79 Å². The Morgan fingerprint density at radius 1 is 1.32 bits per heavy atom. The number of hydrogen-bond donors (Lipinski definition) is 2. The van der Waals surface area contributed by atoms with Crippen LogP contribution in [-0.4, -0.2) is 53.8 Å². The highest BCUT2D eigenvalue weighted by molar-refractivity contribution is 5.79. The maximum Gasteiger partial charge on any atom is 0.317 e. The number of rotatable bonds is 4. The molecule has 1 heterocycles. The number of likely N-dealkylation sites (N-methyl/N-ethyl adjacent to an activating group) is 1. The van der Waals surface area contributed by atoms with E-state index >= 15 is 0 Å². The molecule has 110 valence electrons. The molecule has 0 aromatic rings. The second-order valence-corrected chi connectivity index (χ2v) is 6.11. The van der Waals surface area contributed by atoms with Crippen molar-refractivity contribution in [1.82, 2.24) is 10.2 Å². The Morgan fingerprint density at radius 2 is 1.89 bits per heavy atom. The van der Waals surface area contributed by atoms with Crippen LogP contribution in [0, 0.1) is 5.41 Å². The van der Waals surface area contributed by atoms with Crippen LogP contribution in [0.5, 0.6) is 0 Å². The first-order valence-corrected chi connectivity index (χ1v) is 6.45. The summed E-state index contributed by atoms with van der Waals surface area (Å²) in [6, 6.07) is -0.210. The summed E-state index contributed by atoms with van der Waals surface area (Å²) in [7, 11) is 1.71. The van der Waals surface area contributed by atoms with Crippen molar-refractivity contribution in [3.8, 4) is 0 Å². The molecule has 2 N–H and O–H groups in total. The lowest BCUT2D eigenvalue weighted by Crippen LogP contribution is -2.60. The summed E-state index contributed by atoms with van der Waals surface area (Å²) in [5.74, 6) is -0.940. The van der Waals surface area contributed by atoms with Gasteiger partial charge in [-0.15, -0.1) is 0 Å². The number of carbonyl (C=O) groups is 2. The van der Waals surface area contributed by atoms with Crippen molar-refractivity contribution in [2.45, 2.75) is 45.7 Å². The average Bonchev–Trinajstić information content (AvgIpc) is 2.80. The van der Waals surface area contributed by atoms with Crippen molar-refractivity contribution in [3.05, 3.63) is 0 Å². The van der Waals surface area contributed by atoms with E-state index in [0.717, 1.165) is 6.42 Å². The summed E-state index contributed by atoms with van der Waals surface area (Å²) >= 11 is 0. The Kier molecular flexibility index (Phi) is 4.45. The van der Waals surface area contributed by atoms with Crippen LogP contribution >= 0.6 is 0 Å². The molecule has 0 aliphatic carbocycles. The van der Waals surface area contributed by atoms with Gasteiger partial charge >= 0.3 is 12.0 Å². The Hall–Kier alpha value is -1.30. The van der Waals surface area contributed by atoms with E-state index < -0.39 is 16.9 Å². The molecule has 0 radical (unpaired) electrons. The average molecular weight is 272 g/mol. The minimum Gasteiger partial charge on any atom is -0.481 e. The van der Waals surface area contributed by atoms with Crippen molar-refractivity contribution in [2.75, 3.05) is 20.3 Å². The van der Waals surface area contributed by atoms with Crippen LogP contribution in [0.15, 0.2) is 0 Å². The number of nitrogens with one attached hydrogen (secondary N) is 1. The third kappa shape index (κ3) is 3.18. The maximum atomic E-state index is 12.2. The lowest BCUT2D eigenvalue weighted by atomic mass is 9.74. The molecule has 0 saturated carbocycles. The molecular weight excluding hydrogens is 248 g/mol. The monoisotopic (exact) mass is 272 g/mol. The predicted molar refractivity (Wildman–Crippen MR) is 71.0 cm³/mol. The molecule has 0 bridgehead atoms. The van der Waals surface area contributed by atoms with Gasteiger partial charge in [0.25, 0.3) is 0 Å². The SMILES string of the molecule is CN(C(=O)NC(C)(C)C(C)(C)C(=O)O)C1CCOC1. The molecule has 6 heteroatoms. The van der Waals surface area contributed by atoms with Crippen molar-refractivity contribution in [2.24, 2.45) is 5.41 Å².